The van der Waals surface area contributed by atoms with Gasteiger partial charge in [0.15, 0.2) is 0 Å². The van der Waals surface area contributed by atoms with E-state index in [-0.39, 0.29) is 21.7 Å². The first-order valence-electron chi connectivity index (χ1n) is 1.07. The molecule has 0 aliphatic heterocycles. The second-order valence-corrected chi connectivity index (χ2v) is 0.813. The average molecular weight is 121 g/mol. The normalized spacial score (nSPS) is 4.20. The van der Waals surface area contributed by atoms with Crippen molar-refractivity contribution < 1.29 is 21.7 Å². The first-order chi connectivity index (χ1) is 1.91. The second-order valence-electron chi connectivity index (χ2n) is 0.428. The van der Waals surface area contributed by atoms with Crippen molar-refractivity contribution in [3.05, 3.63) is 18.8 Å². The molecule has 0 saturated carbocycles. The van der Waals surface area contributed by atoms with Gasteiger partial charge in [0.1, 0.15) is 0 Å². The van der Waals surface area contributed by atoms with Gasteiger partial charge < -0.3 is 0 Å². The summed E-state index contributed by atoms with van der Waals surface area (Å²) in [6, 6.07) is 0. The summed E-state index contributed by atoms with van der Waals surface area (Å²) in [7, 11) is 2.41. The Labute approximate surface area is 50.1 Å². The van der Waals surface area contributed by atoms with Crippen LogP contribution in [0.2, 0.25) is 0 Å². The van der Waals surface area contributed by atoms with E-state index in [1.165, 1.54) is 0 Å². The fourth-order valence-corrected chi connectivity index (χ4v) is 0. The standard InChI is InChI=1S/C3H6P.Ti/c1-2-3-4;/h2-3H,1,4H2;/q-1;. The molecule has 1 atom stereocenters. The van der Waals surface area contributed by atoms with Gasteiger partial charge in [-0.25, -0.2) is 28.1 Å². The number of hydrogen-bond donors (Lipinski definition) is 0. The van der Waals surface area contributed by atoms with Gasteiger partial charge in [0, 0.05) is 21.7 Å². The van der Waals surface area contributed by atoms with Crippen LogP contribution in [0.1, 0.15) is 0 Å². The molecule has 0 amide bonds. The molecule has 0 spiro atoms. The maximum atomic E-state index is 3.40. The molecule has 0 aromatic carbocycles. The van der Waals surface area contributed by atoms with Crippen molar-refractivity contribution in [2.75, 3.05) is 0 Å². The molecule has 0 aromatic rings. The van der Waals surface area contributed by atoms with E-state index >= 15 is 0 Å². The summed E-state index contributed by atoms with van der Waals surface area (Å²) in [6.45, 7) is 3.40. The van der Waals surface area contributed by atoms with Crippen LogP contribution >= 0.6 is 9.24 Å². The zero-order chi connectivity index (χ0) is 3.41. The molecule has 2 heteroatoms. The van der Waals surface area contributed by atoms with Gasteiger partial charge in [-0.15, -0.1) is 0 Å². The Morgan fingerprint density at radius 3 is 2.00 bits per heavy atom. The van der Waals surface area contributed by atoms with Crippen molar-refractivity contribution in [3.63, 3.8) is 0 Å². The number of hydrogen-bond acceptors (Lipinski definition) is 0. The molecule has 0 bridgehead atoms. The molecule has 0 radical (unpaired) electrons. The Morgan fingerprint density at radius 2 is 2.00 bits per heavy atom. The second kappa shape index (κ2) is 8.83. The van der Waals surface area contributed by atoms with Crippen LogP contribution in [-0.2, 0) is 21.7 Å². The molecule has 1 unspecified atom stereocenters. The van der Waals surface area contributed by atoms with E-state index in [1.807, 2.05) is 0 Å². The van der Waals surface area contributed by atoms with Crippen molar-refractivity contribution in [1.29, 1.82) is 0 Å². The summed E-state index contributed by atoms with van der Waals surface area (Å²) in [5, 5.41) is 0. The maximum Gasteiger partial charge on any atom is 0 e. The fourth-order valence-electron chi connectivity index (χ4n) is 0. The van der Waals surface area contributed by atoms with Gasteiger partial charge in [-0.3, -0.25) is 0 Å². The molecule has 0 nitrogen and oxygen atoms in total. The van der Waals surface area contributed by atoms with E-state index in [0.29, 0.717) is 0 Å². The van der Waals surface area contributed by atoms with Crippen LogP contribution in [0.5, 0.6) is 0 Å². The van der Waals surface area contributed by atoms with Gasteiger partial charge in [0.25, 0.3) is 0 Å². The Hall–Kier alpha value is 0.754. The minimum absolute atomic E-state index is 0. The SMILES string of the molecule is C=C[CH-]P.[Ti]. The summed E-state index contributed by atoms with van der Waals surface area (Å²) < 4.78 is 0. The van der Waals surface area contributed by atoms with E-state index in [2.05, 4.69) is 15.8 Å². The molecule has 5 heavy (non-hydrogen) atoms. The predicted molar refractivity (Wildman–Crippen MR) is 24.2 cm³/mol. The summed E-state index contributed by atoms with van der Waals surface area (Å²) >= 11 is 0. The molecular formula is C3H6PTi-. The molecule has 0 heterocycles. The molecule has 28 valence electrons. The Kier molecular flexibility index (Phi) is 16.3. The average Bonchev–Trinajstić information content (AvgIpc) is 1.37. The third kappa shape index (κ3) is 11.7. The minimum Gasteiger partial charge on any atom is -0.245 e. The van der Waals surface area contributed by atoms with E-state index < -0.39 is 0 Å². The molecule has 0 aromatic heterocycles. The van der Waals surface area contributed by atoms with Gasteiger partial charge >= 0.3 is 0 Å². The van der Waals surface area contributed by atoms with Crippen LogP contribution in [0.15, 0.2) is 12.7 Å². The smallest absolute Gasteiger partial charge is 0 e. The van der Waals surface area contributed by atoms with Crippen molar-refractivity contribution >= 4 is 9.24 Å². The van der Waals surface area contributed by atoms with Gasteiger partial charge in [-0.2, -0.15) is 0 Å². The molecular weight excluding hydrogens is 115 g/mol. The van der Waals surface area contributed by atoms with Crippen molar-refractivity contribution in [2.24, 2.45) is 0 Å². The maximum absolute atomic E-state index is 3.40. The first kappa shape index (κ1) is 9.23. The molecule has 0 saturated heterocycles. The van der Waals surface area contributed by atoms with E-state index in [9.17, 15) is 0 Å². The molecule has 0 aliphatic rings. The molecule has 0 rings (SSSR count). The molecule has 0 N–H and O–H groups in total. The van der Waals surface area contributed by atoms with Crippen LogP contribution in [0.3, 0.4) is 0 Å². The van der Waals surface area contributed by atoms with Crippen LogP contribution in [0.4, 0.5) is 0 Å². The monoisotopic (exact) mass is 121 g/mol. The Bertz CT molecular complexity index is 20.9. The minimum atomic E-state index is 0. The topological polar surface area (TPSA) is 0 Å². The number of allylic oxidation sites excluding steroid dienone is 1. The van der Waals surface area contributed by atoms with Crippen LogP contribution in [0.25, 0.3) is 0 Å². The summed E-state index contributed by atoms with van der Waals surface area (Å²) in [4.78, 5) is 0. The summed E-state index contributed by atoms with van der Waals surface area (Å²) in [5.41, 5.74) is 0. The molecule has 0 aliphatic carbocycles. The first-order valence-corrected chi connectivity index (χ1v) is 1.74. The van der Waals surface area contributed by atoms with E-state index in [1.54, 1.807) is 12.2 Å². The number of rotatable bonds is 1. The third-order valence-corrected chi connectivity index (χ3v) is 0.408. The van der Waals surface area contributed by atoms with E-state index in [4.69, 9.17) is 0 Å². The predicted octanol–water partition coefficient (Wildman–Crippen LogP) is 1.21. The third-order valence-electron chi connectivity index (χ3n) is 0.136. The van der Waals surface area contributed by atoms with Crippen molar-refractivity contribution in [1.82, 2.24) is 0 Å². The zero-order valence-electron chi connectivity index (χ0n) is 2.94. The van der Waals surface area contributed by atoms with Gasteiger partial charge in [0.05, 0.1) is 0 Å². The van der Waals surface area contributed by atoms with Crippen LogP contribution in [0, 0.1) is 6.16 Å². The molecule has 0 fully saturated rings. The fraction of sp³-hybridized carbons (Fsp3) is 0. The largest absolute Gasteiger partial charge is 0.245 e. The van der Waals surface area contributed by atoms with Crippen molar-refractivity contribution in [3.8, 4) is 0 Å². The van der Waals surface area contributed by atoms with E-state index in [0.717, 1.165) is 0 Å². The Balaban J connectivity index is 0. The van der Waals surface area contributed by atoms with Gasteiger partial charge in [0.2, 0.25) is 0 Å². The summed E-state index contributed by atoms with van der Waals surface area (Å²) in [5.74, 6) is 0. The van der Waals surface area contributed by atoms with Crippen molar-refractivity contribution in [2.45, 2.75) is 0 Å². The van der Waals surface area contributed by atoms with Gasteiger partial charge in [-0.05, 0) is 0 Å². The summed E-state index contributed by atoms with van der Waals surface area (Å²) in [6.07, 6.45) is 3.52. The van der Waals surface area contributed by atoms with Gasteiger partial charge in [-0.1, -0.05) is 0 Å². The van der Waals surface area contributed by atoms with Crippen LogP contribution < -0.4 is 0 Å². The zero-order valence-corrected chi connectivity index (χ0v) is 5.66. The van der Waals surface area contributed by atoms with Crippen LogP contribution in [-0.4, -0.2) is 0 Å². The quantitative estimate of drug-likeness (QED) is 0.278. The Morgan fingerprint density at radius 1 is 1.80 bits per heavy atom.